The third-order valence-electron chi connectivity index (χ3n) is 5.32. The number of rotatable bonds is 3. The van der Waals surface area contributed by atoms with Crippen molar-refractivity contribution in [3.8, 4) is 0 Å². The van der Waals surface area contributed by atoms with Crippen LogP contribution < -0.4 is 0 Å². The first-order valence-corrected chi connectivity index (χ1v) is 8.68. The molecule has 0 N–H and O–H groups in total. The molecule has 1 amide bonds. The predicted molar refractivity (Wildman–Crippen MR) is 89.5 cm³/mol. The SMILES string of the molecule is CC(C)C(=O)N1CCCC2(CCCN2Cc2ccccc2)C1. The molecule has 2 fully saturated rings. The molecule has 2 saturated heterocycles. The van der Waals surface area contributed by atoms with Crippen molar-refractivity contribution in [3.05, 3.63) is 35.9 Å². The molecule has 0 saturated carbocycles. The Hall–Kier alpha value is -1.35. The van der Waals surface area contributed by atoms with E-state index in [1.54, 1.807) is 0 Å². The lowest BCUT2D eigenvalue weighted by molar-refractivity contribution is -0.138. The zero-order valence-electron chi connectivity index (χ0n) is 13.9. The van der Waals surface area contributed by atoms with Gasteiger partial charge in [0.2, 0.25) is 5.91 Å². The fourth-order valence-electron chi connectivity index (χ4n) is 4.17. The number of carbonyl (C=O) groups excluding carboxylic acids is 1. The van der Waals surface area contributed by atoms with Crippen LogP contribution in [0.15, 0.2) is 30.3 Å². The van der Waals surface area contributed by atoms with Gasteiger partial charge >= 0.3 is 0 Å². The molecule has 2 aliphatic heterocycles. The molecular formula is C19H28N2O. The van der Waals surface area contributed by atoms with Gasteiger partial charge in [-0.15, -0.1) is 0 Å². The number of hydrogen-bond acceptors (Lipinski definition) is 2. The summed E-state index contributed by atoms with van der Waals surface area (Å²) in [5.74, 6) is 0.435. The third kappa shape index (κ3) is 3.05. The Morgan fingerprint density at radius 1 is 1.14 bits per heavy atom. The molecule has 1 unspecified atom stereocenters. The van der Waals surface area contributed by atoms with Crippen LogP contribution in [-0.4, -0.2) is 40.9 Å². The van der Waals surface area contributed by atoms with Crippen molar-refractivity contribution in [2.75, 3.05) is 19.6 Å². The summed E-state index contributed by atoms with van der Waals surface area (Å²) in [5.41, 5.74) is 1.61. The van der Waals surface area contributed by atoms with Crippen molar-refractivity contribution >= 4 is 5.91 Å². The highest BCUT2D eigenvalue weighted by atomic mass is 16.2. The van der Waals surface area contributed by atoms with Crippen molar-refractivity contribution < 1.29 is 4.79 Å². The Bertz CT molecular complexity index is 513. The molecule has 0 aromatic heterocycles. The molecule has 120 valence electrons. The van der Waals surface area contributed by atoms with Crippen LogP contribution >= 0.6 is 0 Å². The molecule has 3 rings (SSSR count). The van der Waals surface area contributed by atoms with Crippen LogP contribution in [0.2, 0.25) is 0 Å². The summed E-state index contributed by atoms with van der Waals surface area (Å²) in [7, 11) is 0. The van der Waals surface area contributed by atoms with Gasteiger partial charge in [0.15, 0.2) is 0 Å². The maximum Gasteiger partial charge on any atom is 0.225 e. The van der Waals surface area contributed by atoms with Crippen LogP contribution in [0.1, 0.15) is 45.1 Å². The molecule has 0 aliphatic carbocycles. The highest BCUT2D eigenvalue weighted by Gasteiger charge is 2.44. The average molecular weight is 300 g/mol. The Morgan fingerprint density at radius 2 is 1.82 bits per heavy atom. The van der Waals surface area contributed by atoms with Gasteiger partial charge < -0.3 is 4.90 Å². The van der Waals surface area contributed by atoms with Gasteiger partial charge in [0.25, 0.3) is 0 Å². The highest BCUT2D eigenvalue weighted by Crippen LogP contribution is 2.38. The van der Waals surface area contributed by atoms with Gasteiger partial charge in [0, 0.05) is 31.1 Å². The Labute approximate surface area is 134 Å². The normalized spacial score (nSPS) is 26.0. The lowest BCUT2D eigenvalue weighted by Crippen LogP contribution is -2.57. The van der Waals surface area contributed by atoms with E-state index < -0.39 is 0 Å². The van der Waals surface area contributed by atoms with Crippen LogP contribution in [0.5, 0.6) is 0 Å². The van der Waals surface area contributed by atoms with E-state index in [4.69, 9.17) is 0 Å². The van der Waals surface area contributed by atoms with Crippen molar-refractivity contribution in [3.63, 3.8) is 0 Å². The van der Waals surface area contributed by atoms with Crippen LogP contribution in [0.25, 0.3) is 0 Å². The number of hydrogen-bond donors (Lipinski definition) is 0. The zero-order valence-corrected chi connectivity index (χ0v) is 13.9. The lowest BCUT2D eigenvalue weighted by atomic mass is 9.85. The summed E-state index contributed by atoms with van der Waals surface area (Å²) in [6.45, 7) is 8.08. The van der Waals surface area contributed by atoms with Gasteiger partial charge in [-0.1, -0.05) is 44.2 Å². The second-order valence-electron chi connectivity index (χ2n) is 7.25. The van der Waals surface area contributed by atoms with Gasteiger partial charge in [-0.3, -0.25) is 9.69 Å². The molecular weight excluding hydrogens is 272 g/mol. The molecule has 2 heterocycles. The molecule has 1 spiro atoms. The first-order chi connectivity index (χ1) is 10.6. The molecule has 1 atom stereocenters. The number of amides is 1. The molecule has 3 heteroatoms. The molecule has 1 aromatic carbocycles. The average Bonchev–Trinajstić information content (AvgIpc) is 2.89. The molecule has 2 aliphatic rings. The van der Waals surface area contributed by atoms with Crippen LogP contribution in [0, 0.1) is 5.92 Å². The third-order valence-corrected chi connectivity index (χ3v) is 5.32. The second kappa shape index (κ2) is 6.41. The minimum atomic E-state index is 0.110. The Balaban J connectivity index is 1.74. The summed E-state index contributed by atoms with van der Waals surface area (Å²) in [6.07, 6.45) is 4.88. The van der Waals surface area contributed by atoms with Gasteiger partial charge in [-0.05, 0) is 37.8 Å². The van der Waals surface area contributed by atoms with Crippen molar-refractivity contribution in [2.45, 2.75) is 51.6 Å². The number of carbonyl (C=O) groups is 1. The summed E-state index contributed by atoms with van der Waals surface area (Å²) >= 11 is 0. The molecule has 22 heavy (non-hydrogen) atoms. The minimum Gasteiger partial charge on any atom is -0.341 e. The van der Waals surface area contributed by atoms with E-state index in [0.29, 0.717) is 5.91 Å². The minimum absolute atomic E-state index is 0.110. The number of likely N-dealkylation sites (tertiary alicyclic amines) is 2. The Kier molecular flexibility index (Phi) is 4.53. The van der Waals surface area contributed by atoms with Crippen LogP contribution in [-0.2, 0) is 11.3 Å². The first kappa shape index (κ1) is 15.5. The van der Waals surface area contributed by atoms with E-state index in [2.05, 4.69) is 40.1 Å². The van der Waals surface area contributed by atoms with Gasteiger partial charge in [-0.2, -0.15) is 0 Å². The maximum absolute atomic E-state index is 12.4. The molecule has 0 radical (unpaired) electrons. The van der Waals surface area contributed by atoms with Crippen molar-refractivity contribution in [2.24, 2.45) is 5.92 Å². The fourth-order valence-corrected chi connectivity index (χ4v) is 4.17. The van der Waals surface area contributed by atoms with Gasteiger partial charge in [-0.25, -0.2) is 0 Å². The standard InChI is InChI=1S/C19H28N2O/c1-16(2)18(22)20-12-6-10-19(15-20)11-7-13-21(19)14-17-8-4-3-5-9-17/h3-5,8-9,16H,6-7,10-15H2,1-2H3. The fraction of sp³-hybridized carbons (Fsp3) is 0.632. The van der Waals surface area contributed by atoms with E-state index in [1.807, 2.05) is 13.8 Å². The van der Waals surface area contributed by atoms with Gasteiger partial charge in [0.1, 0.15) is 0 Å². The number of nitrogens with zero attached hydrogens (tertiary/aromatic N) is 2. The van der Waals surface area contributed by atoms with E-state index >= 15 is 0 Å². The van der Waals surface area contributed by atoms with Crippen LogP contribution in [0.3, 0.4) is 0 Å². The van der Waals surface area contributed by atoms with Crippen molar-refractivity contribution in [1.29, 1.82) is 0 Å². The summed E-state index contributed by atoms with van der Waals surface area (Å²) < 4.78 is 0. The maximum atomic E-state index is 12.4. The largest absolute Gasteiger partial charge is 0.341 e. The van der Waals surface area contributed by atoms with Gasteiger partial charge in [0.05, 0.1) is 0 Å². The predicted octanol–water partition coefficient (Wildman–Crippen LogP) is 3.30. The summed E-state index contributed by atoms with van der Waals surface area (Å²) in [5, 5.41) is 0. The molecule has 0 bridgehead atoms. The monoisotopic (exact) mass is 300 g/mol. The lowest BCUT2D eigenvalue weighted by Gasteiger charge is -2.46. The van der Waals surface area contributed by atoms with E-state index in [9.17, 15) is 4.79 Å². The first-order valence-electron chi connectivity index (χ1n) is 8.68. The van der Waals surface area contributed by atoms with Crippen molar-refractivity contribution in [1.82, 2.24) is 9.80 Å². The Morgan fingerprint density at radius 3 is 2.50 bits per heavy atom. The highest BCUT2D eigenvalue weighted by molar-refractivity contribution is 5.78. The topological polar surface area (TPSA) is 23.6 Å². The smallest absolute Gasteiger partial charge is 0.225 e. The molecule has 1 aromatic rings. The quantitative estimate of drug-likeness (QED) is 0.855. The number of benzene rings is 1. The van der Waals surface area contributed by atoms with E-state index in [1.165, 1.54) is 31.4 Å². The van der Waals surface area contributed by atoms with Crippen LogP contribution in [0.4, 0.5) is 0 Å². The summed E-state index contributed by atoms with van der Waals surface area (Å²) in [6, 6.07) is 10.7. The second-order valence-corrected chi connectivity index (χ2v) is 7.25. The van der Waals surface area contributed by atoms with E-state index in [-0.39, 0.29) is 11.5 Å². The van der Waals surface area contributed by atoms with E-state index in [0.717, 1.165) is 26.1 Å². The number of piperidine rings is 1. The zero-order chi connectivity index (χ0) is 15.6. The summed E-state index contributed by atoms with van der Waals surface area (Å²) in [4.78, 5) is 17.2. The molecule has 3 nitrogen and oxygen atoms in total.